The first-order valence-corrected chi connectivity index (χ1v) is 13.0. The van der Waals surface area contributed by atoms with Gasteiger partial charge in [0, 0.05) is 27.5 Å². The molecule has 0 saturated carbocycles. The quantitative estimate of drug-likeness (QED) is 0.195. The number of fused-ring (bicyclic) bond motifs is 3. The van der Waals surface area contributed by atoms with Crippen LogP contribution >= 0.6 is 11.6 Å². The van der Waals surface area contributed by atoms with Gasteiger partial charge in [-0.1, -0.05) is 121 Å². The van der Waals surface area contributed by atoms with Gasteiger partial charge in [-0.2, -0.15) is 0 Å². The van der Waals surface area contributed by atoms with Gasteiger partial charge in [-0.25, -0.2) is 15.0 Å². The number of para-hydroxylation sites is 1. The van der Waals surface area contributed by atoms with E-state index >= 15 is 0 Å². The number of aromatic nitrogens is 3. The zero-order valence-electron chi connectivity index (χ0n) is 21.1. The Morgan fingerprint density at radius 1 is 0.692 bits per heavy atom. The highest BCUT2D eigenvalue weighted by Gasteiger charge is 2.19. The summed E-state index contributed by atoms with van der Waals surface area (Å²) >= 11 is 6.56. The van der Waals surface area contributed by atoms with Crippen LogP contribution in [0.4, 0.5) is 0 Å². The summed E-state index contributed by atoms with van der Waals surface area (Å²) in [6.45, 7) is 3.69. The van der Waals surface area contributed by atoms with Gasteiger partial charge in [-0.15, -0.1) is 0 Å². The molecule has 188 valence electrons. The molecule has 2 heterocycles. The fourth-order valence-corrected chi connectivity index (χ4v) is 4.74. The molecule has 39 heavy (non-hydrogen) atoms. The third kappa shape index (κ3) is 5.02. The van der Waals surface area contributed by atoms with Crippen LogP contribution in [0.2, 0.25) is 5.02 Å². The normalized spacial score (nSPS) is 11.7. The molecule has 6 rings (SSSR count). The average Bonchev–Trinajstić information content (AvgIpc) is 3.39. The second-order valence-corrected chi connectivity index (χ2v) is 9.43. The van der Waals surface area contributed by atoms with Gasteiger partial charge >= 0.3 is 0 Å². The van der Waals surface area contributed by atoms with Crippen molar-refractivity contribution >= 4 is 33.5 Å². The SMILES string of the molecule is C=C/C=C\C=C/Cc1ccc(-c2nc(-c3ccccc3)nc(-c3ccc(Cl)c4oc5ccccc5c34)n2)cc1. The van der Waals surface area contributed by atoms with Gasteiger partial charge in [-0.05, 0) is 30.2 Å². The van der Waals surface area contributed by atoms with Crippen LogP contribution < -0.4 is 0 Å². The molecule has 4 aromatic carbocycles. The molecular formula is C34H24ClN3O. The van der Waals surface area contributed by atoms with Crippen molar-refractivity contribution in [3.8, 4) is 34.2 Å². The lowest BCUT2D eigenvalue weighted by Crippen LogP contribution is -2.00. The summed E-state index contributed by atoms with van der Waals surface area (Å²) in [6, 6.07) is 30.0. The Labute approximate surface area is 231 Å². The van der Waals surface area contributed by atoms with Gasteiger partial charge in [0.25, 0.3) is 0 Å². The minimum atomic E-state index is 0.548. The number of hydrogen-bond acceptors (Lipinski definition) is 4. The van der Waals surface area contributed by atoms with Crippen molar-refractivity contribution in [3.63, 3.8) is 0 Å². The molecule has 6 aromatic rings. The molecule has 0 unspecified atom stereocenters. The Kier molecular flexibility index (Phi) is 6.86. The molecule has 4 nitrogen and oxygen atoms in total. The van der Waals surface area contributed by atoms with Crippen LogP contribution in [-0.4, -0.2) is 15.0 Å². The number of rotatable bonds is 7. The van der Waals surface area contributed by atoms with Crippen LogP contribution in [0.3, 0.4) is 0 Å². The molecule has 0 fully saturated rings. The molecule has 2 aromatic heterocycles. The molecule has 0 aliphatic rings. The van der Waals surface area contributed by atoms with Crippen LogP contribution in [0.25, 0.3) is 56.1 Å². The van der Waals surface area contributed by atoms with Crippen molar-refractivity contribution in [2.24, 2.45) is 0 Å². The number of furan rings is 1. The molecule has 0 aliphatic heterocycles. The van der Waals surface area contributed by atoms with E-state index in [0.717, 1.165) is 39.5 Å². The highest BCUT2D eigenvalue weighted by atomic mass is 35.5. The highest BCUT2D eigenvalue weighted by Crippen LogP contribution is 2.39. The van der Waals surface area contributed by atoms with Crippen molar-refractivity contribution in [3.05, 3.63) is 139 Å². The maximum atomic E-state index is 6.56. The van der Waals surface area contributed by atoms with Crippen molar-refractivity contribution in [1.29, 1.82) is 0 Å². The van der Waals surface area contributed by atoms with Crippen molar-refractivity contribution in [1.82, 2.24) is 15.0 Å². The fraction of sp³-hybridized carbons (Fsp3) is 0.0294. The number of hydrogen-bond donors (Lipinski definition) is 0. The molecule has 0 spiro atoms. The van der Waals surface area contributed by atoms with Crippen LogP contribution in [0.15, 0.2) is 132 Å². The van der Waals surface area contributed by atoms with Gasteiger partial charge in [0.2, 0.25) is 0 Å². The van der Waals surface area contributed by atoms with Crippen LogP contribution in [-0.2, 0) is 6.42 Å². The molecule has 0 radical (unpaired) electrons. The second-order valence-electron chi connectivity index (χ2n) is 9.02. The first-order chi connectivity index (χ1) is 19.2. The van der Waals surface area contributed by atoms with E-state index in [1.165, 1.54) is 5.56 Å². The number of halogens is 1. The lowest BCUT2D eigenvalue weighted by atomic mass is 10.0. The third-order valence-corrected chi connectivity index (χ3v) is 6.74. The zero-order chi connectivity index (χ0) is 26.6. The number of allylic oxidation sites excluding steroid dienone is 5. The zero-order valence-corrected chi connectivity index (χ0v) is 21.8. The molecule has 0 bridgehead atoms. The van der Waals surface area contributed by atoms with Gasteiger partial charge in [0.1, 0.15) is 5.58 Å². The minimum Gasteiger partial charge on any atom is -0.454 e. The van der Waals surface area contributed by atoms with E-state index < -0.39 is 0 Å². The van der Waals surface area contributed by atoms with Crippen molar-refractivity contribution in [2.75, 3.05) is 0 Å². The maximum absolute atomic E-state index is 6.56. The van der Waals surface area contributed by atoms with Gasteiger partial charge < -0.3 is 4.42 Å². The van der Waals surface area contributed by atoms with Crippen LogP contribution in [0.5, 0.6) is 0 Å². The summed E-state index contributed by atoms with van der Waals surface area (Å²) in [5, 5.41) is 2.41. The van der Waals surface area contributed by atoms with Gasteiger partial charge in [0.15, 0.2) is 23.1 Å². The summed E-state index contributed by atoms with van der Waals surface area (Å²) in [5.74, 6) is 1.77. The molecule has 0 atom stereocenters. The molecule has 0 saturated heterocycles. The molecule has 0 N–H and O–H groups in total. The van der Waals surface area contributed by atoms with Gasteiger partial charge in [-0.3, -0.25) is 0 Å². The van der Waals surface area contributed by atoms with Crippen molar-refractivity contribution < 1.29 is 4.42 Å². The number of benzene rings is 4. The molecule has 0 aliphatic carbocycles. The van der Waals surface area contributed by atoms with E-state index in [1.807, 2.05) is 85.0 Å². The molecule has 5 heteroatoms. The largest absolute Gasteiger partial charge is 0.454 e. The lowest BCUT2D eigenvalue weighted by molar-refractivity contribution is 0.669. The topological polar surface area (TPSA) is 51.8 Å². The Morgan fingerprint density at radius 2 is 1.38 bits per heavy atom. The first kappa shape index (κ1) is 24.5. The summed E-state index contributed by atoms with van der Waals surface area (Å²) in [5.41, 5.74) is 5.26. The predicted octanol–water partition coefficient (Wildman–Crippen LogP) is 9.27. The van der Waals surface area contributed by atoms with E-state index in [2.05, 4.69) is 36.9 Å². The standard InChI is InChI=1S/C34H24ClN3O/c1-2-3-4-5-7-12-23-17-19-25(20-18-23)33-36-32(24-13-8-6-9-14-24)37-34(38-33)27-21-22-28(35)31-30(27)26-15-10-11-16-29(26)39-31/h2-11,13-22H,1,12H2/b4-3-,7-5-. The Morgan fingerprint density at radius 3 is 2.15 bits per heavy atom. The van der Waals surface area contributed by atoms with Crippen LogP contribution in [0, 0.1) is 0 Å². The van der Waals surface area contributed by atoms with E-state index in [4.69, 9.17) is 31.0 Å². The predicted molar refractivity (Wildman–Crippen MR) is 161 cm³/mol. The first-order valence-electron chi connectivity index (χ1n) is 12.7. The number of nitrogens with zero attached hydrogens (tertiary/aromatic N) is 3. The molecular weight excluding hydrogens is 502 g/mol. The van der Waals surface area contributed by atoms with E-state index in [9.17, 15) is 0 Å². The average molecular weight is 526 g/mol. The van der Waals surface area contributed by atoms with Crippen LogP contribution in [0.1, 0.15) is 5.56 Å². The van der Waals surface area contributed by atoms with Crippen molar-refractivity contribution in [2.45, 2.75) is 6.42 Å². The second kappa shape index (κ2) is 10.9. The molecule has 0 amide bonds. The fourth-order valence-electron chi connectivity index (χ4n) is 4.54. The Bertz CT molecular complexity index is 1850. The van der Waals surface area contributed by atoms with E-state index in [0.29, 0.717) is 28.1 Å². The summed E-state index contributed by atoms with van der Waals surface area (Å²) < 4.78 is 6.12. The summed E-state index contributed by atoms with van der Waals surface area (Å²) in [4.78, 5) is 14.7. The summed E-state index contributed by atoms with van der Waals surface area (Å²) in [7, 11) is 0. The van der Waals surface area contributed by atoms with Gasteiger partial charge in [0.05, 0.1) is 5.02 Å². The third-order valence-electron chi connectivity index (χ3n) is 6.45. The Hall–Kier alpha value is -4.80. The maximum Gasteiger partial charge on any atom is 0.164 e. The lowest BCUT2D eigenvalue weighted by Gasteiger charge is -2.10. The minimum absolute atomic E-state index is 0.548. The smallest absolute Gasteiger partial charge is 0.164 e. The summed E-state index contributed by atoms with van der Waals surface area (Å²) in [6.07, 6.45) is 10.6. The monoisotopic (exact) mass is 525 g/mol. The van der Waals surface area contributed by atoms with E-state index in [1.54, 1.807) is 6.08 Å². The highest BCUT2D eigenvalue weighted by molar-refractivity contribution is 6.36. The van der Waals surface area contributed by atoms with E-state index in [-0.39, 0.29) is 0 Å². The Balaban J connectivity index is 1.48.